The lowest BCUT2D eigenvalue weighted by molar-refractivity contribution is -0.0583. The smallest absolute Gasteiger partial charge is 0.410 e. The van der Waals surface area contributed by atoms with Crippen LogP contribution < -0.4 is 4.74 Å². The maximum atomic E-state index is 12.4. The summed E-state index contributed by atoms with van der Waals surface area (Å²) < 4.78 is 11.7. The summed E-state index contributed by atoms with van der Waals surface area (Å²) in [7, 11) is 0. The molecule has 0 atom stereocenters. The van der Waals surface area contributed by atoms with Crippen LogP contribution in [0.4, 0.5) is 4.79 Å². The van der Waals surface area contributed by atoms with E-state index in [1.165, 1.54) is 0 Å². The second-order valence-corrected chi connectivity index (χ2v) is 10.1. The summed E-state index contributed by atoms with van der Waals surface area (Å²) in [6.07, 6.45) is 4.00. The number of ether oxygens (including phenoxy) is 2. The Bertz CT molecular complexity index is 762. The van der Waals surface area contributed by atoms with Crippen LogP contribution in [0, 0.1) is 18.3 Å². The molecule has 29 heavy (non-hydrogen) atoms. The van der Waals surface area contributed by atoms with Gasteiger partial charge in [-0.1, -0.05) is 19.9 Å². The lowest BCUT2D eigenvalue weighted by Crippen LogP contribution is -2.52. The van der Waals surface area contributed by atoms with E-state index in [-0.39, 0.29) is 29.3 Å². The highest BCUT2D eigenvalue weighted by atomic mass is 16.6. The molecule has 0 aromatic heterocycles. The molecule has 0 bridgehead atoms. The van der Waals surface area contributed by atoms with E-state index in [2.05, 4.69) is 0 Å². The molecule has 5 nitrogen and oxygen atoms in total. The van der Waals surface area contributed by atoms with Gasteiger partial charge >= 0.3 is 6.09 Å². The molecular weight excluding hydrogens is 366 g/mol. The Labute approximate surface area is 174 Å². The number of nitrogens with zero attached hydrogens (tertiary/aromatic N) is 1. The molecule has 1 aromatic rings. The molecule has 0 radical (unpaired) electrons. The topological polar surface area (TPSA) is 55.8 Å². The van der Waals surface area contributed by atoms with Crippen molar-refractivity contribution in [2.45, 2.75) is 78.9 Å². The van der Waals surface area contributed by atoms with Crippen LogP contribution in [0.3, 0.4) is 0 Å². The second-order valence-electron chi connectivity index (χ2n) is 10.1. The van der Waals surface area contributed by atoms with Gasteiger partial charge in [0.05, 0.1) is 6.10 Å². The first kappa shape index (κ1) is 21.7. The number of carbonyl (C=O) groups is 2. The van der Waals surface area contributed by atoms with Crippen molar-refractivity contribution in [3.8, 4) is 5.75 Å². The molecule has 2 aliphatic rings. The van der Waals surface area contributed by atoms with Gasteiger partial charge in [-0.15, -0.1) is 0 Å². The van der Waals surface area contributed by atoms with Crippen molar-refractivity contribution in [1.29, 1.82) is 0 Å². The standard InChI is InChI=1S/C24H35NO4/c1-16(2)21(26)20-13-18(8-7-17(20)3)28-19-14-24(15-19)9-11-25(12-10-24)22(27)29-23(4,5)6/h7-8,13,16,19H,9-12,14-15H2,1-6H3. The minimum Gasteiger partial charge on any atom is -0.490 e. The van der Waals surface area contributed by atoms with Crippen LogP contribution in [0.5, 0.6) is 5.75 Å². The van der Waals surface area contributed by atoms with Gasteiger partial charge in [-0.25, -0.2) is 4.79 Å². The summed E-state index contributed by atoms with van der Waals surface area (Å²) in [5, 5.41) is 0. The van der Waals surface area contributed by atoms with Crippen LogP contribution in [0.15, 0.2) is 18.2 Å². The Morgan fingerprint density at radius 1 is 1.14 bits per heavy atom. The van der Waals surface area contributed by atoms with E-state index in [0.29, 0.717) is 0 Å². The van der Waals surface area contributed by atoms with Gasteiger partial charge in [-0.3, -0.25) is 4.79 Å². The van der Waals surface area contributed by atoms with Crippen LogP contribution in [-0.2, 0) is 4.74 Å². The van der Waals surface area contributed by atoms with Gasteiger partial charge in [-0.05, 0) is 76.5 Å². The van der Waals surface area contributed by atoms with Crippen molar-refractivity contribution in [1.82, 2.24) is 4.90 Å². The number of benzene rings is 1. The average Bonchev–Trinajstić information content (AvgIpc) is 2.60. The molecule has 1 saturated carbocycles. The van der Waals surface area contributed by atoms with E-state index in [1.807, 2.05) is 64.6 Å². The first-order chi connectivity index (χ1) is 13.5. The zero-order valence-corrected chi connectivity index (χ0v) is 18.7. The molecule has 1 heterocycles. The molecule has 160 valence electrons. The number of aryl methyl sites for hydroxylation is 1. The largest absolute Gasteiger partial charge is 0.490 e. The van der Waals surface area contributed by atoms with Gasteiger partial charge < -0.3 is 14.4 Å². The molecular formula is C24H35NO4. The maximum Gasteiger partial charge on any atom is 0.410 e. The first-order valence-corrected chi connectivity index (χ1v) is 10.8. The van der Waals surface area contributed by atoms with Crippen molar-refractivity contribution in [3.05, 3.63) is 29.3 Å². The zero-order chi connectivity index (χ0) is 21.4. The van der Waals surface area contributed by atoms with E-state index >= 15 is 0 Å². The molecule has 0 N–H and O–H groups in total. The number of likely N-dealkylation sites (tertiary alicyclic amines) is 1. The zero-order valence-electron chi connectivity index (χ0n) is 18.7. The van der Waals surface area contributed by atoms with Crippen LogP contribution in [0.1, 0.15) is 76.2 Å². The molecule has 1 saturated heterocycles. The summed E-state index contributed by atoms with van der Waals surface area (Å²) in [6, 6.07) is 5.83. The fourth-order valence-electron chi connectivity index (χ4n) is 4.33. The lowest BCUT2D eigenvalue weighted by Gasteiger charge is -2.51. The Balaban J connectivity index is 1.52. The van der Waals surface area contributed by atoms with Crippen LogP contribution >= 0.6 is 0 Å². The average molecular weight is 402 g/mol. The number of ketones is 1. The van der Waals surface area contributed by atoms with Gasteiger partial charge in [0.1, 0.15) is 11.4 Å². The van der Waals surface area contributed by atoms with E-state index in [1.54, 1.807) is 0 Å². The highest BCUT2D eigenvalue weighted by Crippen LogP contribution is 2.50. The van der Waals surface area contributed by atoms with E-state index in [0.717, 1.165) is 55.6 Å². The van der Waals surface area contributed by atoms with Gasteiger partial charge in [0.15, 0.2) is 5.78 Å². The first-order valence-electron chi connectivity index (χ1n) is 10.8. The summed E-state index contributed by atoms with van der Waals surface area (Å²) in [4.78, 5) is 26.5. The minimum absolute atomic E-state index is 0.0221. The fraction of sp³-hybridized carbons (Fsp3) is 0.667. The highest BCUT2D eigenvalue weighted by molar-refractivity contribution is 5.99. The molecule has 1 aromatic carbocycles. The maximum absolute atomic E-state index is 12.4. The molecule has 2 fully saturated rings. The van der Waals surface area contributed by atoms with E-state index in [4.69, 9.17) is 9.47 Å². The third-order valence-corrected chi connectivity index (χ3v) is 6.10. The molecule has 1 aliphatic heterocycles. The molecule has 1 amide bonds. The summed E-state index contributed by atoms with van der Waals surface area (Å²) in [6.45, 7) is 13.0. The predicted octanol–water partition coefficient (Wildman–Crippen LogP) is 5.39. The summed E-state index contributed by atoms with van der Waals surface area (Å²) >= 11 is 0. The molecule has 1 spiro atoms. The van der Waals surface area contributed by atoms with Crippen molar-refractivity contribution in [2.75, 3.05) is 13.1 Å². The van der Waals surface area contributed by atoms with Gasteiger partial charge in [-0.2, -0.15) is 0 Å². The number of rotatable bonds is 4. The minimum atomic E-state index is -0.453. The van der Waals surface area contributed by atoms with Crippen LogP contribution in [0.2, 0.25) is 0 Å². The lowest BCUT2D eigenvalue weighted by atomic mass is 9.61. The molecule has 0 unspecified atom stereocenters. The fourth-order valence-corrected chi connectivity index (χ4v) is 4.33. The second kappa shape index (κ2) is 8.00. The Morgan fingerprint density at radius 3 is 2.31 bits per heavy atom. The van der Waals surface area contributed by atoms with E-state index < -0.39 is 5.60 Å². The van der Waals surface area contributed by atoms with Gasteiger partial charge in [0, 0.05) is 24.6 Å². The number of piperidine rings is 1. The third-order valence-electron chi connectivity index (χ3n) is 6.10. The number of carbonyl (C=O) groups excluding carboxylic acids is 2. The van der Waals surface area contributed by atoms with Gasteiger partial charge in [0.25, 0.3) is 0 Å². The quantitative estimate of drug-likeness (QED) is 0.635. The van der Waals surface area contributed by atoms with E-state index in [9.17, 15) is 9.59 Å². The van der Waals surface area contributed by atoms with Crippen molar-refractivity contribution < 1.29 is 19.1 Å². The third kappa shape index (κ3) is 5.12. The number of hydrogen-bond acceptors (Lipinski definition) is 4. The predicted molar refractivity (Wildman–Crippen MR) is 113 cm³/mol. The summed E-state index contributed by atoms with van der Waals surface area (Å²) in [5.41, 5.74) is 1.59. The van der Waals surface area contributed by atoms with Crippen LogP contribution in [-0.4, -0.2) is 41.6 Å². The van der Waals surface area contributed by atoms with Crippen LogP contribution in [0.25, 0.3) is 0 Å². The highest BCUT2D eigenvalue weighted by Gasteiger charge is 2.48. The number of Topliss-reactive ketones (excluding diaryl/α,β-unsaturated/α-hetero) is 1. The number of hydrogen-bond donors (Lipinski definition) is 0. The molecule has 5 heteroatoms. The normalized spacial score (nSPS) is 19.2. The number of amides is 1. The van der Waals surface area contributed by atoms with Crippen molar-refractivity contribution in [2.24, 2.45) is 11.3 Å². The Hall–Kier alpha value is -2.04. The monoisotopic (exact) mass is 401 g/mol. The van der Waals surface area contributed by atoms with Crippen molar-refractivity contribution in [3.63, 3.8) is 0 Å². The van der Waals surface area contributed by atoms with Gasteiger partial charge in [0.2, 0.25) is 0 Å². The molecule has 3 rings (SSSR count). The Morgan fingerprint density at radius 2 is 1.76 bits per heavy atom. The SMILES string of the molecule is Cc1ccc(OC2CC3(CCN(C(=O)OC(C)(C)C)CC3)C2)cc1C(=O)C(C)C. The summed E-state index contributed by atoms with van der Waals surface area (Å²) in [5.74, 6) is 0.921. The van der Waals surface area contributed by atoms with Crippen molar-refractivity contribution >= 4 is 11.9 Å². The Kier molecular flexibility index (Phi) is 5.98. The molecule has 1 aliphatic carbocycles.